The van der Waals surface area contributed by atoms with Gasteiger partial charge in [0.25, 0.3) is 5.91 Å². The van der Waals surface area contributed by atoms with Crippen molar-refractivity contribution >= 4 is 23.4 Å². The monoisotopic (exact) mass is 292 g/mol. The van der Waals surface area contributed by atoms with Crippen molar-refractivity contribution in [1.29, 1.82) is 0 Å². The molecule has 5 heteroatoms. The first-order valence-electron chi connectivity index (χ1n) is 6.69. The third-order valence-corrected chi connectivity index (χ3v) is 4.03. The fraction of sp³-hybridized carbons (Fsp3) is 0.400. The molecule has 20 heavy (non-hydrogen) atoms. The van der Waals surface area contributed by atoms with Crippen molar-refractivity contribution < 1.29 is 9.53 Å². The molecule has 4 nitrogen and oxygen atoms in total. The van der Waals surface area contributed by atoms with Gasteiger partial charge in [0, 0.05) is 24.1 Å². The topological polar surface area (TPSA) is 50.4 Å². The highest BCUT2D eigenvalue weighted by molar-refractivity contribution is 7.99. The average molecular weight is 292 g/mol. The lowest BCUT2D eigenvalue weighted by atomic mass is 10.1. The van der Waals surface area contributed by atoms with E-state index in [1.165, 1.54) is 0 Å². The molecule has 0 aliphatic carbocycles. The summed E-state index contributed by atoms with van der Waals surface area (Å²) < 4.78 is 5.35. The Kier molecular flexibility index (Phi) is 5.49. The number of carbonyl (C=O) groups excluding carboxylic acids is 1. The van der Waals surface area contributed by atoms with Crippen LogP contribution in [-0.2, 0) is 4.79 Å². The summed E-state index contributed by atoms with van der Waals surface area (Å²) in [6.45, 7) is 6.86. The third kappa shape index (κ3) is 4.02. The van der Waals surface area contributed by atoms with Gasteiger partial charge >= 0.3 is 0 Å². The summed E-state index contributed by atoms with van der Waals surface area (Å²) in [6.07, 6.45) is 1.92. The van der Waals surface area contributed by atoms with E-state index < -0.39 is 0 Å². The molecule has 1 unspecified atom stereocenters. The summed E-state index contributed by atoms with van der Waals surface area (Å²) in [4.78, 5) is 11.3. The first kappa shape index (κ1) is 14.9. The van der Waals surface area contributed by atoms with Crippen LogP contribution >= 0.6 is 11.8 Å². The van der Waals surface area contributed by atoms with Gasteiger partial charge in [0.05, 0.1) is 5.69 Å². The quantitative estimate of drug-likeness (QED) is 0.599. The molecule has 0 fully saturated rings. The summed E-state index contributed by atoms with van der Waals surface area (Å²) in [5.41, 5.74) is 1.90. The van der Waals surface area contributed by atoms with Crippen LogP contribution in [0, 0.1) is 0 Å². The second-order valence-electron chi connectivity index (χ2n) is 4.63. The number of hydrogen-bond acceptors (Lipinski definition) is 4. The summed E-state index contributed by atoms with van der Waals surface area (Å²) in [5, 5.41) is 6.30. The van der Waals surface area contributed by atoms with E-state index in [1.54, 1.807) is 0 Å². The van der Waals surface area contributed by atoms with Crippen LogP contribution in [0.15, 0.2) is 30.9 Å². The van der Waals surface area contributed by atoms with Gasteiger partial charge in [-0.15, -0.1) is 6.58 Å². The number of benzene rings is 1. The number of ether oxygens (including phenoxy) is 1. The van der Waals surface area contributed by atoms with E-state index in [2.05, 4.69) is 24.1 Å². The van der Waals surface area contributed by atoms with Crippen molar-refractivity contribution in [3.05, 3.63) is 36.4 Å². The van der Waals surface area contributed by atoms with Crippen molar-refractivity contribution in [2.24, 2.45) is 0 Å². The zero-order chi connectivity index (χ0) is 14.4. The first-order valence-corrected chi connectivity index (χ1v) is 7.85. The predicted octanol–water partition coefficient (Wildman–Crippen LogP) is 2.59. The van der Waals surface area contributed by atoms with Crippen molar-refractivity contribution in [3.8, 4) is 5.75 Å². The van der Waals surface area contributed by atoms with Crippen LogP contribution in [0.3, 0.4) is 0 Å². The number of rotatable bonds is 7. The average Bonchev–Trinajstić information content (AvgIpc) is 2.46. The Balaban J connectivity index is 1.90. The number of anilines is 1. The smallest absolute Gasteiger partial charge is 0.262 e. The van der Waals surface area contributed by atoms with Gasteiger partial charge in [-0.2, -0.15) is 11.8 Å². The second kappa shape index (κ2) is 7.36. The molecule has 1 amide bonds. The molecule has 0 bridgehead atoms. The van der Waals surface area contributed by atoms with Gasteiger partial charge in [-0.05, 0) is 24.6 Å². The van der Waals surface area contributed by atoms with Crippen LogP contribution < -0.4 is 15.4 Å². The highest BCUT2D eigenvalue weighted by Crippen LogP contribution is 2.30. The van der Waals surface area contributed by atoms with E-state index in [-0.39, 0.29) is 18.6 Å². The fourth-order valence-electron chi connectivity index (χ4n) is 2.00. The maximum Gasteiger partial charge on any atom is 0.262 e. The highest BCUT2D eigenvalue weighted by atomic mass is 32.2. The Morgan fingerprint density at radius 1 is 1.60 bits per heavy atom. The molecule has 1 aromatic carbocycles. The lowest BCUT2D eigenvalue weighted by molar-refractivity contribution is -0.118. The number of amides is 1. The Morgan fingerprint density at radius 2 is 2.45 bits per heavy atom. The van der Waals surface area contributed by atoms with E-state index in [4.69, 9.17) is 4.74 Å². The Morgan fingerprint density at radius 3 is 3.25 bits per heavy atom. The van der Waals surface area contributed by atoms with Crippen molar-refractivity contribution in [3.63, 3.8) is 0 Å². The van der Waals surface area contributed by atoms with Gasteiger partial charge < -0.3 is 15.4 Å². The maximum absolute atomic E-state index is 11.3. The molecule has 2 rings (SSSR count). The molecule has 0 saturated heterocycles. The number of nitrogens with one attached hydrogen (secondary N) is 2. The zero-order valence-corrected chi connectivity index (χ0v) is 12.5. The van der Waals surface area contributed by atoms with Crippen LogP contribution in [0.5, 0.6) is 5.75 Å². The van der Waals surface area contributed by atoms with Crippen LogP contribution in [-0.4, -0.2) is 30.6 Å². The van der Waals surface area contributed by atoms with Crippen molar-refractivity contribution in [2.45, 2.75) is 13.0 Å². The number of thioether (sulfide) groups is 1. The van der Waals surface area contributed by atoms with Crippen LogP contribution in [0.1, 0.15) is 18.5 Å². The van der Waals surface area contributed by atoms with Crippen LogP contribution in [0.25, 0.3) is 0 Å². The number of carbonyl (C=O) groups is 1. The molecule has 1 atom stereocenters. The molecule has 1 aliphatic rings. The summed E-state index contributed by atoms with van der Waals surface area (Å²) in [5.74, 6) is 2.68. The highest BCUT2D eigenvalue weighted by Gasteiger charge is 2.17. The Hall–Kier alpha value is -1.46. The molecule has 1 aliphatic heterocycles. The first-order chi connectivity index (χ1) is 9.70. The summed E-state index contributed by atoms with van der Waals surface area (Å²) in [7, 11) is 0. The van der Waals surface area contributed by atoms with Gasteiger partial charge in [0.15, 0.2) is 6.61 Å². The molecule has 0 spiro atoms. The SMILES string of the molecule is C=CCSCCNC(C)c1ccc2c(c1)NC(=O)CO2. The summed E-state index contributed by atoms with van der Waals surface area (Å²) in [6, 6.07) is 6.16. The van der Waals surface area contributed by atoms with E-state index in [0.29, 0.717) is 0 Å². The third-order valence-electron chi connectivity index (χ3n) is 3.07. The van der Waals surface area contributed by atoms with E-state index in [0.717, 1.165) is 35.1 Å². The van der Waals surface area contributed by atoms with Gasteiger partial charge in [0.2, 0.25) is 0 Å². The van der Waals surface area contributed by atoms with E-state index in [1.807, 2.05) is 36.0 Å². The van der Waals surface area contributed by atoms with Crippen LogP contribution in [0.4, 0.5) is 5.69 Å². The lowest BCUT2D eigenvalue weighted by Gasteiger charge is -2.21. The van der Waals surface area contributed by atoms with Crippen molar-refractivity contribution in [1.82, 2.24) is 5.32 Å². The number of hydrogen-bond donors (Lipinski definition) is 2. The predicted molar refractivity (Wildman–Crippen MR) is 84.5 cm³/mol. The maximum atomic E-state index is 11.3. The van der Waals surface area contributed by atoms with Crippen LogP contribution in [0.2, 0.25) is 0 Å². The molecular formula is C15H20N2O2S. The molecular weight excluding hydrogens is 272 g/mol. The molecule has 1 heterocycles. The van der Waals surface area contributed by atoms with E-state index in [9.17, 15) is 4.79 Å². The van der Waals surface area contributed by atoms with Gasteiger partial charge in [-0.1, -0.05) is 12.1 Å². The Labute approximate surface area is 124 Å². The molecule has 0 aromatic heterocycles. The molecule has 0 saturated carbocycles. The second-order valence-corrected chi connectivity index (χ2v) is 5.78. The molecule has 2 N–H and O–H groups in total. The van der Waals surface area contributed by atoms with Gasteiger partial charge in [0.1, 0.15) is 5.75 Å². The normalized spacial score (nSPS) is 14.9. The number of fused-ring (bicyclic) bond motifs is 1. The van der Waals surface area contributed by atoms with Gasteiger partial charge in [-0.3, -0.25) is 4.79 Å². The van der Waals surface area contributed by atoms with Crippen molar-refractivity contribution in [2.75, 3.05) is 30.0 Å². The molecule has 0 radical (unpaired) electrons. The van der Waals surface area contributed by atoms with Gasteiger partial charge in [-0.25, -0.2) is 0 Å². The molecule has 1 aromatic rings. The molecule has 108 valence electrons. The minimum absolute atomic E-state index is 0.0979. The zero-order valence-electron chi connectivity index (χ0n) is 11.6. The summed E-state index contributed by atoms with van der Waals surface area (Å²) >= 11 is 1.86. The Bertz CT molecular complexity index is 491. The largest absolute Gasteiger partial charge is 0.482 e. The minimum atomic E-state index is -0.101. The minimum Gasteiger partial charge on any atom is -0.482 e. The van der Waals surface area contributed by atoms with E-state index >= 15 is 0 Å². The standard InChI is InChI=1S/C15H20N2O2S/c1-3-7-20-8-6-16-11(2)12-4-5-14-13(9-12)17-15(18)10-19-14/h3-5,9,11,16H,1,6-8,10H2,2H3,(H,17,18). The fourth-order valence-corrected chi connectivity index (χ4v) is 2.60. The lowest BCUT2D eigenvalue weighted by Crippen LogP contribution is -2.26.